The van der Waals surface area contributed by atoms with Crippen molar-refractivity contribution < 1.29 is 4.39 Å². The first-order valence-corrected chi connectivity index (χ1v) is 7.50. The number of hydrogen-bond donors (Lipinski definition) is 1. The Labute approximate surface area is 122 Å². The average molecular weight is 278 g/mol. The van der Waals surface area contributed by atoms with E-state index in [-0.39, 0.29) is 16.9 Å². The van der Waals surface area contributed by atoms with Crippen LogP contribution in [0.2, 0.25) is 0 Å². The van der Waals surface area contributed by atoms with Gasteiger partial charge < -0.3 is 10.2 Å². The van der Waals surface area contributed by atoms with E-state index in [0.29, 0.717) is 6.54 Å². The van der Waals surface area contributed by atoms with Gasteiger partial charge in [0.25, 0.3) is 0 Å². The fourth-order valence-electron chi connectivity index (χ4n) is 2.80. The lowest BCUT2D eigenvalue weighted by atomic mass is 10.0. The molecule has 1 heterocycles. The quantitative estimate of drug-likeness (QED) is 0.895. The Morgan fingerprint density at radius 1 is 1.30 bits per heavy atom. The standard InChI is InChI=1S/C17H27FN2/c1-16(2,3)19-12-13-7-8-15(14(18)11-13)20-10-6-9-17(20,4)5/h7-8,11,19H,6,9-10,12H2,1-5H3. The van der Waals surface area contributed by atoms with Gasteiger partial charge in [-0.2, -0.15) is 0 Å². The van der Waals surface area contributed by atoms with Crippen LogP contribution in [0.5, 0.6) is 0 Å². The first-order valence-electron chi connectivity index (χ1n) is 7.50. The smallest absolute Gasteiger partial charge is 0.146 e. The highest BCUT2D eigenvalue weighted by Crippen LogP contribution is 2.35. The van der Waals surface area contributed by atoms with E-state index >= 15 is 0 Å². The van der Waals surface area contributed by atoms with Crippen molar-refractivity contribution in [3.63, 3.8) is 0 Å². The van der Waals surface area contributed by atoms with Gasteiger partial charge >= 0.3 is 0 Å². The molecule has 0 saturated carbocycles. The van der Waals surface area contributed by atoms with Gasteiger partial charge in [-0.3, -0.25) is 0 Å². The molecule has 1 aromatic carbocycles. The van der Waals surface area contributed by atoms with Crippen LogP contribution in [0.4, 0.5) is 10.1 Å². The molecule has 0 aliphatic carbocycles. The minimum atomic E-state index is -0.104. The zero-order valence-electron chi connectivity index (χ0n) is 13.4. The summed E-state index contributed by atoms with van der Waals surface area (Å²) in [6.07, 6.45) is 2.26. The number of hydrogen-bond acceptors (Lipinski definition) is 2. The summed E-state index contributed by atoms with van der Waals surface area (Å²) in [6.45, 7) is 12.4. The largest absolute Gasteiger partial charge is 0.364 e. The number of anilines is 1. The number of nitrogens with zero attached hydrogens (tertiary/aromatic N) is 1. The summed E-state index contributed by atoms with van der Waals surface area (Å²) in [7, 11) is 0. The SMILES string of the molecule is CC(C)(C)NCc1ccc(N2CCCC2(C)C)c(F)c1. The van der Waals surface area contributed by atoms with Crippen LogP contribution < -0.4 is 10.2 Å². The molecule has 0 amide bonds. The van der Waals surface area contributed by atoms with E-state index in [1.54, 1.807) is 6.07 Å². The molecule has 1 saturated heterocycles. The van der Waals surface area contributed by atoms with Crippen molar-refractivity contribution in [1.29, 1.82) is 0 Å². The van der Waals surface area contributed by atoms with Crippen LogP contribution in [-0.4, -0.2) is 17.6 Å². The van der Waals surface area contributed by atoms with Crippen LogP contribution in [0, 0.1) is 5.82 Å². The van der Waals surface area contributed by atoms with Gasteiger partial charge in [0.15, 0.2) is 0 Å². The third-order valence-electron chi connectivity index (χ3n) is 4.03. The van der Waals surface area contributed by atoms with Crippen molar-refractivity contribution in [2.24, 2.45) is 0 Å². The van der Waals surface area contributed by atoms with Crippen molar-refractivity contribution in [1.82, 2.24) is 5.32 Å². The molecular formula is C17H27FN2. The highest BCUT2D eigenvalue weighted by molar-refractivity contribution is 5.52. The Balaban J connectivity index is 2.14. The van der Waals surface area contributed by atoms with Crippen LogP contribution in [0.1, 0.15) is 53.0 Å². The molecule has 20 heavy (non-hydrogen) atoms. The van der Waals surface area contributed by atoms with Gasteiger partial charge in [-0.25, -0.2) is 4.39 Å². The maximum atomic E-state index is 14.4. The average Bonchev–Trinajstić information content (AvgIpc) is 2.66. The van der Waals surface area contributed by atoms with Gasteiger partial charge in [0.1, 0.15) is 5.82 Å². The third-order valence-corrected chi connectivity index (χ3v) is 4.03. The second-order valence-corrected chi connectivity index (χ2v) is 7.46. The van der Waals surface area contributed by atoms with E-state index in [4.69, 9.17) is 0 Å². The summed E-state index contributed by atoms with van der Waals surface area (Å²) < 4.78 is 14.4. The molecular weight excluding hydrogens is 251 g/mol. The molecule has 0 unspecified atom stereocenters. The highest BCUT2D eigenvalue weighted by Gasteiger charge is 2.33. The predicted molar refractivity (Wildman–Crippen MR) is 83.7 cm³/mol. The minimum absolute atomic E-state index is 0.0477. The Bertz CT molecular complexity index is 474. The molecule has 3 heteroatoms. The zero-order chi connectivity index (χ0) is 15.0. The molecule has 0 bridgehead atoms. The molecule has 0 radical (unpaired) electrons. The molecule has 0 atom stereocenters. The Hall–Kier alpha value is -1.09. The molecule has 2 nitrogen and oxygen atoms in total. The van der Waals surface area contributed by atoms with Gasteiger partial charge in [0, 0.05) is 24.2 Å². The summed E-state index contributed by atoms with van der Waals surface area (Å²) >= 11 is 0. The predicted octanol–water partition coefficient (Wildman–Crippen LogP) is 4.09. The van der Waals surface area contributed by atoms with Gasteiger partial charge in [-0.15, -0.1) is 0 Å². The third kappa shape index (κ3) is 3.51. The Kier molecular flexibility index (Phi) is 4.10. The van der Waals surface area contributed by atoms with Crippen LogP contribution >= 0.6 is 0 Å². The van der Waals surface area contributed by atoms with Gasteiger partial charge in [-0.1, -0.05) is 6.07 Å². The van der Waals surface area contributed by atoms with Gasteiger partial charge in [0.05, 0.1) is 5.69 Å². The van der Waals surface area contributed by atoms with Crippen LogP contribution in [0.25, 0.3) is 0 Å². The number of halogens is 1. The number of nitrogens with one attached hydrogen (secondary N) is 1. The molecule has 112 valence electrons. The molecule has 1 fully saturated rings. The number of benzene rings is 1. The summed E-state index contributed by atoms with van der Waals surface area (Å²) in [5.74, 6) is -0.104. The van der Waals surface area contributed by atoms with Crippen LogP contribution in [0.15, 0.2) is 18.2 Å². The van der Waals surface area contributed by atoms with E-state index in [1.165, 1.54) is 0 Å². The van der Waals surface area contributed by atoms with Crippen LogP contribution in [-0.2, 0) is 6.54 Å². The number of rotatable bonds is 3. The van der Waals surface area contributed by atoms with E-state index < -0.39 is 0 Å². The highest BCUT2D eigenvalue weighted by atomic mass is 19.1. The minimum Gasteiger partial charge on any atom is -0.364 e. The maximum Gasteiger partial charge on any atom is 0.146 e. The Morgan fingerprint density at radius 2 is 2.00 bits per heavy atom. The van der Waals surface area contributed by atoms with Crippen molar-refractivity contribution in [2.75, 3.05) is 11.4 Å². The van der Waals surface area contributed by atoms with E-state index in [1.807, 2.05) is 12.1 Å². The lowest BCUT2D eigenvalue weighted by Gasteiger charge is -2.34. The monoisotopic (exact) mass is 278 g/mol. The lowest BCUT2D eigenvalue weighted by Crippen LogP contribution is -2.38. The molecule has 1 aliphatic rings. The first kappa shape index (κ1) is 15.3. The normalized spacial score (nSPS) is 18.6. The Morgan fingerprint density at radius 3 is 2.50 bits per heavy atom. The second-order valence-electron chi connectivity index (χ2n) is 7.46. The van der Waals surface area contributed by atoms with Crippen molar-refractivity contribution in [3.8, 4) is 0 Å². The fourth-order valence-corrected chi connectivity index (χ4v) is 2.80. The summed E-state index contributed by atoms with van der Waals surface area (Å²) in [5, 5.41) is 3.39. The van der Waals surface area contributed by atoms with E-state index in [9.17, 15) is 4.39 Å². The lowest BCUT2D eigenvalue weighted by molar-refractivity contribution is 0.423. The molecule has 1 N–H and O–H groups in total. The van der Waals surface area contributed by atoms with Crippen molar-refractivity contribution in [3.05, 3.63) is 29.6 Å². The molecule has 1 aromatic rings. The second kappa shape index (κ2) is 5.36. The molecule has 2 rings (SSSR count). The summed E-state index contributed by atoms with van der Waals surface area (Å²) in [6, 6.07) is 5.64. The molecule has 1 aliphatic heterocycles. The zero-order valence-corrected chi connectivity index (χ0v) is 13.4. The summed E-state index contributed by atoms with van der Waals surface area (Å²) in [5.41, 5.74) is 1.85. The van der Waals surface area contributed by atoms with E-state index in [2.05, 4.69) is 44.8 Å². The maximum absolute atomic E-state index is 14.4. The molecule has 0 aromatic heterocycles. The van der Waals surface area contributed by atoms with Gasteiger partial charge in [0.2, 0.25) is 0 Å². The first-order chi connectivity index (χ1) is 9.19. The molecule has 0 spiro atoms. The van der Waals surface area contributed by atoms with E-state index in [0.717, 1.165) is 30.6 Å². The van der Waals surface area contributed by atoms with Crippen molar-refractivity contribution >= 4 is 5.69 Å². The van der Waals surface area contributed by atoms with Gasteiger partial charge in [-0.05, 0) is 65.2 Å². The van der Waals surface area contributed by atoms with Crippen molar-refractivity contribution in [2.45, 2.75) is 65.1 Å². The summed E-state index contributed by atoms with van der Waals surface area (Å²) in [4.78, 5) is 2.20. The fraction of sp³-hybridized carbons (Fsp3) is 0.647. The van der Waals surface area contributed by atoms with Crippen LogP contribution in [0.3, 0.4) is 0 Å². The topological polar surface area (TPSA) is 15.3 Å².